The molecule has 2 atom stereocenters. The fourth-order valence-electron chi connectivity index (χ4n) is 3.41. The fourth-order valence-corrected chi connectivity index (χ4v) is 3.41. The van der Waals surface area contributed by atoms with Crippen molar-refractivity contribution in [2.45, 2.75) is 31.9 Å². The molecule has 1 aromatic heterocycles. The number of fused-ring (bicyclic) bond motifs is 1. The van der Waals surface area contributed by atoms with E-state index in [0.29, 0.717) is 12.1 Å². The van der Waals surface area contributed by atoms with Gasteiger partial charge in [-0.05, 0) is 37.8 Å². The lowest BCUT2D eigenvalue weighted by Crippen LogP contribution is -2.51. The van der Waals surface area contributed by atoms with Gasteiger partial charge in [-0.1, -0.05) is 0 Å². The van der Waals surface area contributed by atoms with Crippen LogP contribution in [-0.2, 0) is 4.74 Å². The number of morpholine rings is 1. The molecule has 1 aromatic rings. The highest BCUT2D eigenvalue weighted by Crippen LogP contribution is 2.33. The molecule has 0 unspecified atom stereocenters. The molecule has 1 aliphatic carbocycles. The molecule has 2 aliphatic heterocycles. The fraction of sp³-hybridized carbons (Fsp3) is 0.733. The number of likely N-dealkylation sites (tertiary alicyclic amines) is 1. The summed E-state index contributed by atoms with van der Waals surface area (Å²) in [5.41, 5.74) is 0.973. The Kier molecular flexibility index (Phi) is 3.11. The van der Waals surface area contributed by atoms with Crippen molar-refractivity contribution in [1.29, 1.82) is 0 Å². The van der Waals surface area contributed by atoms with Crippen molar-refractivity contribution in [3.63, 3.8) is 0 Å². The van der Waals surface area contributed by atoms with Gasteiger partial charge in [-0.15, -0.1) is 5.10 Å². The third-order valence-electron chi connectivity index (χ3n) is 4.67. The van der Waals surface area contributed by atoms with Gasteiger partial charge < -0.3 is 9.64 Å². The molecule has 0 bridgehead atoms. The third kappa shape index (κ3) is 2.40. The summed E-state index contributed by atoms with van der Waals surface area (Å²) in [5, 5.41) is 8.56. The van der Waals surface area contributed by atoms with E-state index in [0.717, 1.165) is 43.7 Å². The van der Waals surface area contributed by atoms with Crippen LogP contribution in [0.25, 0.3) is 0 Å². The average Bonchev–Trinajstić information content (AvgIpc) is 3.16. The Bertz CT molecular complexity index is 473. The normalized spacial score (nSPS) is 30.6. The van der Waals surface area contributed by atoms with E-state index in [9.17, 15) is 0 Å². The molecule has 2 saturated heterocycles. The van der Waals surface area contributed by atoms with E-state index in [2.05, 4.69) is 26.1 Å². The molecule has 4 rings (SSSR count). The number of rotatable bonds is 3. The molecule has 3 fully saturated rings. The first kappa shape index (κ1) is 12.5. The van der Waals surface area contributed by atoms with Crippen LogP contribution in [0.5, 0.6) is 0 Å². The van der Waals surface area contributed by atoms with Crippen LogP contribution >= 0.6 is 0 Å². The molecule has 3 aliphatic rings. The van der Waals surface area contributed by atoms with Crippen LogP contribution in [0.2, 0.25) is 0 Å². The molecule has 5 heteroatoms. The van der Waals surface area contributed by atoms with E-state index < -0.39 is 0 Å². The third-order valence-corrected chi connectivity index (χ3v) is 4.67. The van der Waals surface area contributed by atoms with Crippen molar-refractivity contribution in [3.8, 4) is 0 Å². The first-order valence-corrected chi connectivity index (χ1v) is 7.70. The zero-order chi connectivity index (χ0) is 13.5. The van der Waals surface area contributed by atoms with Gasteiger partial charge in [-0.25, -0.2) is 0 Å². The molecule has 0 spiro atoms. The Balaban J connectivity index is 1.50. The van der Waals surface area contributed by atoms with Gasteiger partial charge in [-0.2, -0.15) is 5.10 Å². The van der Waals surface area contributed by atoms with Crippen LogP contribution in [0, 0.1) is 12.8 Å². The Hall–Kier alpha value is -1.20. The van der Waals surface area contributed by atoms with Crippen molar-refractivity contribution < 1.29 is 4.74 Å². The highest BCUT2D eigenvalue weighted by atomic mass is 16.5. The molecule has 5 nitrogen and oxygen atoms in total. The topological polar surface area (TPSA) is 41.5 Å². The molecule has 0 amide bonds. The molecule has 20 heavy (non-hydrogen) atoms. The summed E-state index contributed by atoms with van der Waals surface area (Å²) < 4.78 is 5.98. The number of hydrogen-bond donors (Lipinski definition) is 0. The van der Waals surface area contributed by atoms with E-state index >= 15 is 0 Å². The first-order valence-electron chi connectivity index (χ1n) is 7.70. The highest BCUT2D eigenvalue weighted by molar-refractivity contribution is 5.40. The summed E-state index contributed by atoms with van der Waals surface area (Å²) >= 11 is 0. The maximum Gasteiger partial charge on any atom is 0.151 e. The summed E-state index contributed by atoms with van der Waals surface area (Å²) in [6, 6.07) is 4.58. The van der Waals surface area contributed by atoms with Crippen molar-refractivity contribution in [2.75, 3.05) is 37.7 Å². The predicted molar refractivity (Wildman–Crippen MR) is 76.8 cm³/mol. The molecule has 0 aromatic carbocycles. The van der Waals surface area contributed by atoms with Gasteiger partial charge in [0.25, 0.3) is 0 Å². The molecule has 108 valence electrons. The van der Waals surface area contributed by atoms with Crippen LogP contribution in [-0.4, -0.2) is 60.0 Å². The van der Waals surface area contributed by atoms with E-state index in [4.69, 9.17) is 4.74 Å². The van der Waals surface area contributed by atoms with Crippen molar-refractivity contribution in [2.24, 2.45) is 5.92 Å². The second kappa shape index (κ2) is 4.97. The van der Waals surface area contributed by atoms with E-state index in [1.165, 1.54) is 19.4 Å². The summed E-state index contributed by atoms with van der Waals surface area (Å²) in [6.45, 7) is 7.15. The van der Waals surface area contributed by atoms with Crippen molar-refractivity contribution >= 4 is 5.82 Å². The summed E-state index contributed by atoms with van der Waals surface area (Å²) in [4.78, 5) is 4.97. The lowest BCUT2D eigenvalue weighted by Gasteiger charge is -2.37. The molecule has 0 radical (unpaired) electrons. The Labute approximate surface area is 119 Å². The molecular weight excluding hydrogens is 252 g/mol. The molecule has 3 heterocycles. The molecule has 0 N–H and O–H groups in total. The highest BCUT2D eigenvalue weighted by Gasteiger charge is 2.41. The first-order chi connectivity index (χ1) is 9.79. The second-order valence-corrected chi connectivity index (χ2v) is 6.36. The Morgan fingerprint density at radius 3 is 2.90 bits per heavy atom. The number of aryl methyl sites for hydroxylation is 1. The Morgan fingerprint density at radius 2 is 2.15 bits per heavy atom. The standard InChI is InChI=1S/C15H22N4O/c1-11-2-5-15(17-16-11)19-6-7-20-14-10-18(9-13(14)19)8-12-3-4-12/h2,5,12-14H,3-4,6-10H2,1H3/t13-,14+/m1/s1. The van der Waals surface area contributed by atoms with Crippen molar-refractivity contribution in [3.05, 3.63) is 17.8 Å². The monoisotopic (exact) mass is 274 g/mol. The second-order valence-electron chi connectivity index (χ2n) is 6.36. The largest absolute Gasteiger partial charge is 0.373 e. The van der Waals surface area contributed by atoms with Crippen LogP contribution in [0.1, 0.15) is 18.5 Å². The van der Waals surface area contributed by atoms with Gasteiger partial charge in [0.15, 0.2) is 5.82 Å². The molecule has 1 saturated carbocycles. The lowest BCUT2D eigenvalue weighted by atomic mass is 10.1. The van der Waals surface area contributed by atoms with Gasteiger partial charge in [-0.3, -0.25) is 4.90 Å². The van der Waals surface area contributed by atoms with E-state index in [1.807, 2.05) is 13.0 Å². The summed E-state index contributed by atoms with van der Waals surface area (Å²) in [5.74, 6) is 1.95. The van der Waals surface area contributed by atoms with Gasteiger partial charge in [0.1, 0.15) is 0 Å². The predicted octanol–water partition coefficient (Wildman–Crippen LogP) is 1.08. The number of hydrogen-bond acceptors (Lipinski definition) is 5. The zero-order valence-electron chi connectivity index (χ0n) is 12.0. The van der Waals surface area contributed by atoms with E-state index in [-0.39, 0.29) is 0 Å². The minimum Gasteiger partial charge on any atom is -0.373 e. The van der Waals surface area contributed by atoms with Crippen LogP contribution < -0.4 is 4.90 Å². The maximum atomic E-state index is 5.98. The van der Waals surface area contributed by atoms with Crippen LogP contribution in [0.3, 0.4) is 0 Å². The minimum absolute atomic E-state index is 0.339. The lowest BCUT2D eigenvalue weighted by molar-refractivity contribution is 0.0304. The zero-order valence-corrected chi connectivity index (χ0v) is 12.0. The van der Waals surface area contributed by atoms with Crippen LogP contribution in [0.15, 0.2) is 12.1 Å². The summed E-state index contributed by atoms with van der Waals surface area (Å²) in [7, 11) is 0. The Morgan fingerprint density at radius 1 is 1.25 bits per heavy atom. The van der Waals surface area contributed by atoms with E-state index in [1.54, 1.807) is 0 Å². The quantitative estimate of drug-likeness (QED) is 0.825. The number of nitrogens with zero attached hydrogens (tertiary/aromatic N) is 4. The van der Waals surface area contributed by atoms with Gasteiger partial charge >= 0.3 is 0 Å². The van der Waals surface area contributed by atoms with Gasteiger partial charge in [0.2, 0.25) is 0 Å². The maximum absolute atomic E-state index is 5.98. The van der Waals surface area contributed by atoms with Gasteiger partial charge in [0.05, 0.1) is 24.4 Å². The average molecular weight is 274 g/mol. The number of aromatic nitrogens is 2. The number of anilines is 1. The molecular formula is C15H22N4O. The smallest absolute Gasteiger partial charge is 0.151 e. The number of ether oxygens (including phenoxy) is 1. The SMILES string of the molecule is Cc1ccc(N2CCO[C@H]3CN(CC4CC4)C[C@H]32)nn1. The van der Waals surface area contributed by atoms with Gasteiger partial charge in [0, 0.05) is 26.2 Å². The van der Waals surface area contributed by atoms with Crippen molar-refractivity contribution in [1.82, 2.24) is 15.1 Å². The van der Waals surface area contributed by atoms with Crippen LogP contribution in [0.4, 0.5) is 5.82 Å². The summed E-state index contributed by atoms with van der Waals surface area (Å²) in [6.07, 6.45) is 3.17. The minimum atomic E-state index is 0.339.